The highest BCUT2D eigenvalue weighted by Gasteiger charge is 2.23. The standard InChI is InChI=1S/C23H28N4O3/c28-22(18-2-1-3-21(16-18)26-23(29)25-20-8-9-20)24-19-6-4-17(5-7-19)10-11-27-12-14-30-15-13-27/h1-7,16,20H,8-15H2,(H,24,28)(H2,25,26,29). The van der Waals surface area contributed by atoms with Gasteiger partial charge < -0.3 is 20.7 Å². The van der Waals surface area contributed by atoms with Gasteiger partial charge >= 0.3 is 6.03 Å². The van der Waals surface area contributed by atoms with E-state index in [-0.39, 0.29) is 18.0 Å². The molecule has 158 valence electrons. The van der Waals surface area contributed by atoms with Gasteiger partial charge in [0.1, 0.15) is 0 Å². The van der Waals surface area contributed by atoms with Crippen molar-refractivity contribution in [1.82, 2.24) is 10.2 Å². The minimum Gasteiger partial charge on any atom is -0.379 e. The first-order chi connectivity index (χ1) is 14.7. The lowest BCUT2D eigenvalue weighted by atomic mass is 10.1. The van der Waals surface area contributed by atoms with E-state index in [4.69, 9.17) is 4.74 Å². The molecule has 1 saturated carbocycles. The van der Waals surface area contributed by atoms with Crippen LogP contribution in [-0.2, 0) is 11.2 Å². The maximum atomic E-state index is 12.6. The number of urea groups is 1. The second-order valence-corrected chi connectivity index (χ2v) is 7.81. The van der Waals surface area contributed by atoms with E-state index in [2.05, 4.69) is 33.0 Å². The number of hydrogen-bond acceptors (Lipinski definition) is 4. The summed E-state index contributed by atoms with van der Waals surface area (Å²) in [7, 11) is 0. The van der Waals surface area contributed by atoms with Crippen molar-refractivity contribution in [3.63, 3.8) is 0 Å². The van der Waals surface area contributed by atoms with E-state index in [1.54, 1.807) is 24.3 Å². The number of nitrogens with zero attached hydrogens (tertiary/aromatic N) is 1. The van der Waals surface area contributed by atoms with Crippen LogP contribution in [-0.4, -0.2) is 55.7 Å². The van der Waals surface area contributed by atoms with Crippen LogP contribution in [0.4, 0.5) is 16.2 Å². The average Bonchev–Trinajstić information content (AvgIpc) is 3.58. The number of ether oxygens (including phenoxy) is 1. The van der Waals surface area contributed by atoms with Crippen molar-refractivity contribution in [2.45, 2.75) is 25.3 Å². The van der Waals surface area contributed by atoms with Crippen LogP contribution in [0.15, 0.2) is 48.5 Å². The van der Waals surface area contributed by atoms with Crippen molar-refractivity contribution in [2.24, 2.45) is 0 Å². The van der Waals surface area contributed by atoms with Crippen LogP contribution in [0.3, 0.4) is 0 Å². The van der Waals surface area contributed by atoms with Crippen LogP contribution in [0.5, 0.6) is 0 Å². The predicted molar refractivity (Wildman–Crippen MR) is 117 cm³/mol. The van der Waals surface area contributed by atoms with Crippen LogP contribution < -0.4 is 16.0 Å². The lowest BCUT2D eigenvalue weighted by molar-refractivity contribution is 0.0384. The monoisotopic (exact) mass is 408 g/mol. The second-order valence-electron chi connectivity index (χ2n) is 7.81. The lowest BCUT2D eigenvalue weighted by Crippen LogP contribution is -2.37. The molecule has 0 atom stereocenters. The van der Waals surface area contributed by atoms with Crippen molar-refractivity contribution in [2.75, 3.05) is 43.5 Å². The Balaban J connectivity index is 1.28. The summed E-state index contributed by atoms with van der Waals surface area (Å²) in [6.45, 7) is 4.62. The summed E-state index contributed by atoms with van der Waals surface area (Å²) in [6.07, 6.45) is 3.04. The predicted octanol–water partition coefficient (Wildman–Crippen LogP) is 3.10. The molecule has 7 nitrogen and oxygen atoms in total. The third-order valence-corrected chi connectivity index (χ3v) is 5.33. The molecule has 3 amide bonds. The van der Waals surface area contributed by atoms with Crippen LogP contribution in [0, 0.1) is 0 Å². The molecular weight excluding hydrogens is 380 g/mol. The van der Waals surface area contributed by atoms with E-state index in [1.807, 2.05) is 12.1 Å². The Morgan fingerprint density at radius 3 is 2.47 bits per heavy atom. The molecule has 2 aliphatic rings. The van der Waals surface area contributed by atoms with E-state index >= 15 is 0 Å². The molecule has 0 radical (unpaired) electrons. The number of nitrogens with one attached hydrogen (secondary N) is 3. The van der Waals surface area contributed by atoms with Gasteiger partial charge in [0.2, 0.25) is 0 Å². The Kier molecular flexibility index (Phi) is 6.61. The number of carbonyl (C=O) groups excluding carboxylic acids is 2. The normalized spacial score (nSPS) is 16.7. The van der Waals surface area contributed by atoms with E-state index in [1.165, 1.54) is 5.56 Å². The first kappa shape index (κ1) is 20.4. The largest absolute Gasteiger partial charge is 0.379 e. The SMILES string of the molecule is O=C(Nc1cccc(C(=O)Nc2ccc(CCN3CCOCC3)cc2)c1)NC1CC1. The van der Waals surface area contributed by atoms with Crippen LogP contribution in [0.1, 0.15) is 28.8 Å². The molecule has 1 aliphatic carbocycles. The number of rotatable bonds is 7. The summed E-state index contributed by atoms with van der Waals surface area (Å²) in [5, 5.41) is 8.57. The fraction of sp³-hybridized carbons (Fsp3) is 0.391. The van der Waals surface area contributed by atoms with Gasteiger partial charge in [-0.3, -0.25) is 9.69 Å². The van der Waals surface area contributed by atoms with Crippen LogP contribution >= 0.6 is 0 Å². The van der Waals surface area contributed by atoms with Crippen molar-refractivity contribution in [3.05, 3.63) is 59.7 Å². The molecule has 0 unspecified atom stereocenters. The Hall–Kier alpha value is -2.90. The molecule has 3 N–H and O–H groups in total. The molecule has 1 saturated heterocycles. The smallest absolute Gasteiger partial charge is 0.319 e. The fourth-order valence-electron chi connectivity index (χ4n) is 3.39. The molecule has 0 bridgehead atoms. The van der Waals surface area contributed by atoms with Crippen molar-refractivity contribution >= 4 is 23.3 Å². The summed E-state index contributed by atoms with van der Waals surface area (Å²) in [4.78, 5) is 26.9. The Morgan fingerprint density at radius 2 is 1.73 bits per heavy atom. The topological polar surface area (TPSA) is 82.7 Å². The maximum Gasteiger partial charge on any atom is 0.319 e. The zero-order valence-corrected chi connectivity index (χ0v) is 17.0. The van der Waals surface area contributed by atoms with Crippen molar-refractivity contribution in [1.29, 1.82) is 0 Å². The highest BCUT2D eigenvalue weighted by atomic mass is 16.5. The molecule has 1 heterocycles. The summed E-state index contributed by atoms with van der Waals surface area (Å²) < 4.78 is 5.38. The molecule has 2 aromatic carbocycles. The summed E-state index contributed by atoms with van der Waals surface area (Å²) in [6, 6.07) is 15.0. The highest BCUT2D eigenvalue weighted by molar-refractivity contribution is 6.05. The summed E-state index contributed by atoms with van der Waals surface area (Å²) >= 11 is 0. The van der Waals surface area contributed by atoms with E-state index in [0.29, 0.717) is 11.3 Å². The molecule has 0 aromatic heterocycles. The number of anilines is 2. The van der Waals surface area contributed by atoms with Crippen LogP contribution in [0.2, 0.25) is 0 Å². The van der Waals surface area contributed by atoms with Gasteiger partial charge in [0.05, 0.1) is 13.2 Å². The van der Waals surface area contributed by atoms with E-state index in [0.717, 1.165) is 57.8 Å². The third kappa shape index (κ3) is 6.05. The van der Waals surface area contributed by atoms with Gasteiger partial charge in [-0.1, -0.05) is 18.2 Å². The number of benzene rings is 2. The van der Waals surface area contributed by atoms with E-state index in [9.17, 15) is 9.59 Å². The Bertz CT molecular complexity index is 874. The first-order valence-electron chi connectivity index (χ1n) is 10.5. The van der Waals surface area contributed by atoms with Gasteiger partial charge in [-0.05, 0) is 55.2 Å². The van der Waals surface area contributed by atoms with Gasteiger partial charge in [-0.2, -0.15) is 0 Å². The van der Waals surface area contributed by atoms with E-state index < -0.39 is 0 Å². The molecule has 2 fully saturated rings. The minimum absolute atomic E-state index is 0.206. The summed E-state index contributed by atoms with van der Waals surface area (Å²) in [5.41, 5.74) is 3.09. The third-order valence-electron chi connectivity index (χ3n) is 5.33. The zero-order chi connectivity index (χ0) is 20.8. The molecule has 30 heavy (non-hydrogen) atoms. The lowest BCUT2D eigenvalue weighted by Gasteiger charge is -2.26. The Labute approximate surface area is 176 Å². The average molecular weight is 409 g/mol. The van der Waals surface area contributed by atoms with Crippen LogP contribution in [0.25, 0.3) is 0 Å². The zero-order valence-electron chi connectivity index (χ0n) is 17.0. The highest BCUT2D eigenvalue weighted by Crippen LogP contribution is 2.19. The number of hydrogen-bond donors (Lipinski definition) is 3. The molecule has 4 rings (SSSR count). The summed E-state index contributed by atoms with van der Waals surface area (Å²) in [5.74, 6) is -0.206. The molecule has 0 spiro atoms. The molecule has 2 aromatic rings. The second kappa shape index (κ2) is 9.73. The van der Waals surface area contributed by atoms with Gasteiger partial charge in [-0.25, -0.2) is 4.79 Å². The van der Waals surface area contributed by atoms with Crippen molar-refractivity contribution < 1.29 is 14.3 Å². The molecular formula is C23H28N4O3. The quantitative estimate of drug-likeness (QED) is 0.658. The number of morpholine rings is 1. The first-order valence-corrected chi connectivity index (χ1v) is 10.5. The van der Waals surface area contributed by atoms with Gasteiger partial charge in [-0.15, -0.1) is 0 Å². The number of carbonyl (C=O) groups is 2. The number of amides is 3. The van der Waals surface area contributed by atoms with Gasteiger partial charge in [0.25, 0.3) is 5.91 Å². The minimum atomic E-state index is -0.234. The maximum absolute atomic E-state index is 12.6. The van der Waals surface area contributed by atoms with Gasteiger partial charge in [0.15, 0.2) is 0 Å². The molecule has 7 heteroatoms. The molecule has 1 aliphatic heterocycles. The van der Waals surface area contributed by atoms with Gasteiger partial charge in [0, 0.05) is 42.6 Å². The fourth-order valence-corrected chi connectivity index (χ4v) is 3.39. The van der Waals surface area contributed by atoms with Crippen molar-refractivity contribution in [3.8, 4) is 0 Å². The Morgan fingerprint density at radius 1 is 0.967 bits per heavy atom.